The van der Waals surface area contributed by atoms with Crippen LogP contribution in [-0.4, -0.2) is 52.6 Å². The van der Waals surface area contributed by atoms with Crippen molar-refractivity contribution in [3.8, 4) is 11.8 Å². The molecule has 5 heteroatoms. The molecule has 5 nitrogen and oxygen atoms in total. The summed E-state index contributed by atoms with van der Waals surface area (Å²) in [6.07, 6.45) is 2.92. The van der Waals surface area contributed by atoms with Crippen LogP contribution in [0, 0.1) is 23.2 Å². The first kappa shape index (κ1) is 17.1. The lowest BCUT2D eigenvalue weighted by Gasteiger charge is -2.46. The summed E-state index contributed by atoms with van der Waals surface area (Å²) in [7, 11) is 0. The van der Waals surface area contributed by atoms with E-state index in [4.69, 9.17) is 9.84 Å². The zero-order chi connectivity index (χ0) is 16.3. The SMILES string of the molecule is CC(C)(C)C1CC(OC2CC(C#CCO)C2)CCN1C(=O)O. The second kappa shape index (κ2) is 6.89. The largest absolute Gasteiger partial charge is 0.465 e. The van der Waals surface area contributed by atoms with Crippen LogP contribution in [0.3, 0.4) is 0 Å². The zero-order valence-electron chi connectivity index (χ0n) is 13.7. The summed E-state index contributed by atoms with van der Waals surface area (Å²) in [6.45, 7) is 6.71. The highest BCUT2D eigenvalue weighted by atomic mass is 16.5. The minimum absolute atomic E-state index is 0.00574. The first-order valence-electron chi connectivity index (χ1n) is 8.05. The summed E-state index contributed by atoms with van der Waals surface area (Å²) in [4.78, 5) is 13.0. The third-order valence-corrected chi connectivity index (χ3v) is 4.66. The molecule has 1 heterocycles. The summed E-state index contributed by atoms with van der Waals surface area (Å²) in [5.41, 5.74) is -0.0881. The predicted molar refractivity (Wildman–Crippen MR) is 83.5 cm³/mol. The van der Waals surface area contributed by atoms with Gasteiger partial charge < -0.3 is 19.8 Å². The number of likely N-dealkylation sites (tertiary alicyclic amines) is 1. The predicted octanol–water partition coefficient (Wildman–Crippen LogP) is 2.33. The zero-order valence-corrected chi connectivity index (χ0v) is 13.7. The van der Waals surface area contributed by atoms with E-state index in [0.29, 0.717) is 12.5 Å². The standard InChI is InChI=1S/C17H27NO4/c1-17(2,3)15-11-13(6-7-18(15)16(20)21)22-14-9-12(10-14)5-4-8-19/h12-15,19H,6-11H2,1-3H3,(H,20,21). The van der Waals surface area contributed by atoms with Crippen molar-refractivity contribution in [1.82, 2.24) is 4.90 Å². The molecule has 0 radical (unpaired) electrons. The molecule has 1 amide bonds. The number of aliphatic hydroxyl groups excluding tert-OH is 1. The molecule has 0 spiro atoms. The smallest absolute Gasteiger partial charge is 0.407 e. The molecule has 2 fully saturated rings. The van der Waals surface area contributed by atoms with Crippen LogP contribution in [0.2, 0.25) is 0 Å². The number of carboxylic acid groups (broad SMARTS) is 1. The summed E-state index contributed by atoms with van der Waals surface area (Å²) >= 11 is 0. The maximum Gasteiger partial charge on any atom is 0.407 e. The maximum absolute atomic E-state index is 11.4. The van der Waals surface area contributed by atoms with E-state index in [0.717, 1.165) is 25.7 Å². The fraction of sp³-hybridized carbons (Fsp3) is 0.824. The second-order valence-electron chi connectivity index (χ2n) is 7.41. The van der Waals surface area contributed by atoms with Crippen molar-refractivity contribution in [3.63, 3.8) is 0 Å². The Morgan fingerprint density at radius 2 is 1.95 bits per heavy atom. The molecule has 0 aromatic carbocycles. The number of amides is 1. The Morgan fingerprint density at radius 3 is 2.50 bits per heavy atom. The quantitative estimate of drug-likeness (QED) is 0.768. The van der Waals surface area contributed by atoms with E-state index in [1.165, 1.54) is 0 Å². The van der Waals surface area contributed by atoms with Gasteiger partial charge in [0.15, 0.2) is 0 Å². The molecular weight excluding hydrogens is 282 g/mol. The molecule has 1 aliphatic carbocycles. The first-order chi connectivity index (χ1) is 10.3. The van der Waals surface area contributed by atoms with Gasteiger partial charge in [0.1, 0.15) is 6.61 Å². The lowest BCUT2D eigenvalue weighted by atomic mass is 9.79. The maximum atomic E-state index is 11.4. The molecular formula is C17H27NO4. The molecule has 1 aliphatic heterocycles. The monoisotopic (exact) mass is 309 g/mol. The van der Waals surface area contributed by atoms with Crippen molar-refractivity contribution in [2.75, 3.05) is 13.2 Å². The molecule has 22 heavy (non-hydrogen) atoms. The van der Waals surface area contributed by atoms with Gasteiger partial charge in [0.05, 0.1) is 12.2 Å². The van der Waals surface area contributed by atoms with Crippen molar-refractivity contribution in [3.05, 3.63) is 0 Å². The number of hydrogen-bond donors (Lipinski definition) is 2. The van der Waals surface area contributed by atoms with E-state index in [-0.39, 0.29) is 30.3 Å². The van der Waals surface area contributed by atoms with Crippen molar-refractivity contribution in [2.24, 2.45) is 11.3 Å². The van der Waals surface area contributed by atoms with Crippen LogP contribution in [0.5, 0.6) is 0 Å². The Balaban J connectivity index is 1.86. The second-order valence-corrected chi connectivity index (χ2v) is 7.41. The number of nitrogens with zero attached hydrogens (tertiary/aromatic N) is 1. The normalized spacial score (nSPS) is 31.9. The van der Waals surface area contributed by atoms with Crippen LogP contribution in [-0.2, 0) is 4.74 Å². The Kier molecular flexibility index (Phi) is 5.36. The van der Waals surface area contributed by atoms with Gasteiger partial charge in [-0.25, -0.2) is 4.79 Å². The molecule has 1 saturated carbocycles. The average Bonchev–Trinajstić information content (AvgIpc) is 2.39. The third-order valence-electron chi connectivity index (χ3n) is 4.66. The fourth-order valence-electron chi connectivity index (χ4n) is 3.36. The Hall–Kier alpha value is -1.25. The molecule has 2 unspecified atom stereocenters. The van der Waals surface area contributed by atoms with Gasteiger partial charge in [-0.15, -0.1) is 0 Å². The van der Waals surface area contributed by atoms with E-state index in [2.05, 4.69) is 32.6 Å². The summed E-state index contributed by atoms with van der Waals surface area (Å²) in [6, 6.07) is -0.00574. The van der Waals surface area contributed by atoms with E-state index in [1.807, 2.05) is 0 Å². The average molecular weight is 309 g/mol. The number of aliphatic hydroxyl groups is 1. The van der Waals surface area contributed by atoms with E-state index < -0.39 is 6.09 Å². The fourth-order valence-corrected chi connectivity index (χ4v) is 3.36. The highest BCUT2D eigenvalue weighted by Gasteiger charge is 2.40. The minimum atomic E-state index is -0.832. The molecule has 124 valence electrons. The number of carbonyl (C=O) groups is 1. The van der Waals surface area contributed by atoms with Gasteiger partial charge in [-0.2, -0.15) is 0 Å². The van der Waals surface area contributed by atoms with Gasteiger partial charge in [-0.1, -0.05) is 32.6 Å². The molecule has 2 N–H and O–H groups in total. The van der Waals surface area contributed by atoms with Gasteiger partial charge in [-0.3, -0.25) is 0 Å². The van der Waals surface area contributed by atoms with Gasteiger partial charge >= 0.3 is 6.09 Å². The van der Waals surface area contributed by atoms with Crippen molar-refractivity contribution in [2.45, 2.75) is 64.7 Å². The number of ether oxygens (including phenoxy) is 1. The summed E-state index contributed by atoms with van der Waals surface area (Å²) in [5.74, 6) is 6.07. The molecule has 2 rings (SSSR count). The molecule has 1 saturated heterocycles. The summed E-state index contributed by atoms with van der Waals surface area (Å²) in [5, 5.41) is 18.0. The molecule has 2 atom stereocenters. The Morgan fingerprint density at radius 1 is 1.27 bits per heavy atom. The number of rotatable bonds is 2. The van der Waals surface area contributed by atoms with Crippen LogP contribution in [0.15, 0.2) is 0 Å². The lowest BCUT2D eigenvalue weighted by molar-refractivity contribution is -0.101. The molecule has 0 bridgehead atoms. The van der Waals surface area contributed by atoms with E-state index in [1.54, 1.807) is 4.90 Å². The van der Waals surface area contributed by atoms with Crippen molar-refractivity contribution >= 4 is 6.09 Å². The van der Waals surface area contributed by atoms with Crippen LogP contribution in [0.1, 0.15) is 46.5 Å². The van der Waals surface area contributed by atoms with E-state index in [9.17, 15) is 9.90 Å². The van der Waals surface area contributed by atoms with Crippen LogP contribution in [0.25, 0.3) is 0 Å². The Labute approximate surface area is 132 Å². The number of hydrogen-bond acceptors (Lipinski definition) is 3. The molecule has 2 aliphatic rings. The molecule has 0 aromatic rings. The first-order valence-corrected chi connectivity index (χ1v) is 8.05. The van der Waals surface area contributed by atoms with Gasteiger partial charge in [0.2, 0.25) is 0 Å². The van der Waals surface area contributed by atoms with Crippen molar-refractivity contribution < 1.29 is 19.7 Å². The topological polar surface area (TPSA) is 70.0 Å². The van der Waals surface area contributed by atoms with Crippen LogP contribution in [0.4, 0.5) is 4.79 Å². The number of piperidine rings is 1. The third kappa shape index (κ3) is 4.15. The lowest BCUT2D eigenvalue weighted by Crippen LogP contribution is -2.54. The van der Waals surface area contributed by atoms with Gasteiger partial charge in [-0.05, 0) is 31.1 Å². The van der Waals surface area contributed by atoms with Crippen LogP contribution >= 0.6 is 0 Å². The van der Waals surface area contributed by atoms with Crippen molar-refractivity contribution in [1.29, 1.82) is 0 Å². The summed E-state index contributed by atoms with van der Waals surface area (Å²) < 4.78 is 6.14. The minimum Gasteiger partial charge on any atom is -0.465 e. The highest BCUT2D eigenvalue weighted by molar-refractivity contribution is 5.65. The molecule has 0 aromatic heterocycles. The van der Waals surface area contributed by atoms with Gasteiger partial charge in [0, 0.05) is 18.5 Å². The highest BCUT2D eigenvalue weighted by Crippen LogP contribution is 2.36. The van der Waals surface area contributed by atoms with Crippen LogP contribution < -0.4 is 0 Å². The van der Waals surface area contributed by atoms with Gasteiger partial charge in [0.25, 0.3) is 0 Å². The Bertz CT molecular complexity index is 454. The van der Waals surface area contributed by atoms with E-state index >= 15 is 0 Å².